The largest absolute Gasteiger partial charge is 0.371 e. The quantitative estimate of drug-likeness (QED) is 0.579. The zero-order valence-electron chi connectivity index (χ0n) is 19.8. The molecule has 5 heteroatoms. The lowest BCUT2D eigenvalue weighted by Gasteiger charge is -2.34. The Morgan fingerprint density at radius 2 is 1.77 bits per heavy atom. The van der Waals surface area contributed by atoms with Gasteiger partial charge in [-0.05, 0) is 69.1 Å². The van der Waals surface area contributed by atoms with Gasteiger partial charge in [0.15, 0.2) is 0 Å². The van der Waals surface area contributed by atoms with Crippen LogP contribution in [0.15, 0.2) is 18.2 Å². The molecular weight excluding hydrogens is 386 g/mol. The van der Waals surface area contributed by atoms with Crippen LogP contribution in [0.1, 0.15) is 88.9 Å². The van der Waals surface area contributed by atoms with Crippen LogP contribution in [0.25, 0.3) is 0 Å². The number of rotatable bonds is 8. The molecule has 2 fully saturated rings. The fraction of sp³-hybridized carbons (Fsp3) is 0.692. The van der Waals surface area contributed by atoms with Crippen LogP contribution in [-0.2, 0) is 4.79 Å². The van der Waals surface area contributed by atoms with Crippen molar-refractivity contribution in [1.82, 2.24) is 4.90 Å². The molecule has 2 aliphatic rings. The number of anilines is 2. The van der Waals surface area contributed by atoms with Gasteiger partial charge < -0.3 is 15.1 Å². The number of amides is 2. The molecule has 2 aliphatic heterocycles. The van der Waals surface area contributed by atoms with Crippen molar-refractivity contribution in [2.45, 2.75) is 78.6 Å². The van der Waals surface area contributed by atoms with Gasteiger partial charge in [-0.1, -0.05) is 33.6 Å². The molecule has 3 rings (SSSR count). The van der Waals surface area contributed by atoms with Gasteiger partial charge >= 0.3 is 0 Å². The fourth-order valence-corrected chi connectivity index (χ4v) is 4.79. The predicted octanol–water partition coefficient (Wildman–Crippen LogP) is 5.70. The average molecular weight is 428 g/mol. The summed E-state index contributed by atoms with van der Waals surface area (Å²) in [5.74, 6) is 0.906. The molecular formula is C26H41N3O2. The highest BCUT2D eigenvalue weighted by Crippen LogP contribution is 2.30. The Balaban J connectivity index is 1.82. The predicted molar refractivity (Wildman–Crippen MR) is 129 cm³/mol. The Morgan fingerprint density at radius 3 is 2.42 bits per heavy atom. The van der Waals surface area contributed by atoms with Crippen LogP contribution in [0, 0.1) is 11.8 Å². The number of nitrogens with one attached hydrogen (secondary N) is 1. The normalized spacial score (nSPS) is 18.7. The second-order valence-corrected chi connectivity index (χ2v) is 9.49. The lowest BCUT2D eigenvalue weighted by molar-refractivity contribution is -0.120. The third-order valence-electron chi connectivity index (χ3n) is 7.03. The van der Waals surface area contributed by atoms with Crippen molar-refractivity contribution in [2.24, 2.45) is 11.8 Å². The summed E-state index contributed by atoms with van der Waals surface area (Å²) >= 11 is 0. The maximum absolute atomic E-state index is 13.5. The topological polar surface area (TPSA) is 52.7 Å². The van der Waals surface area contributed by atoms with Crippen LogP contribution in [0.5, 0.6) is 0 Å². The smallest absolute Gasteiger partial charge is 0.256 e. The summed E-state index contributed by atoms with van der Waals surface area (Å²) in [7, 11) is 0. The molecule has 2 amide bonds. The number of likely N-dealkylation sites (tertiary alicyclic amines) is 1. The summed E-state index contributed by atoms with van der Waals surface area (Å²) in [4.78, 5) is 30.7. The number of hydrogen-bond acceptors (Lipinski definition) is 3. The van der Waals surface area contributed by atoms with E-state index < -0.39 is 0 Å². The van der Waals surface area contributed by atoms with Crippen LogP contribution < -0.4 is 10.2 Å². The van der Waals surface area contributed by atoms with Gasteiger partial charge in [-0.2, -0.15) is 0 Å². The first kappa shape index (κ1) is 23.6. The van der Waals surface area contributed by atoms with E-state index in [0.29, 0.717) is 5.92 Å². The Hall–Kier alpha value is -2.04. The molecule has 1 N–H and O–H groups in total. The molecule has 0 saturated carbocycles. The van der Waals surface area contributed by atoms with E-state index in [1.807, 2.05) is 23.1 Å². The molecule has 0 aliphatic carbocycles. The van der Waals surface area contributed by atoms with Gasteiger partial charge in [-0.15, -0.1) is 0 Å². The second kappa shape index (κ2) is 11.5. The molecule has 0 bridgehead atoms. The number of piperidine rings is 2. The highest BCUT2D eigenvalue weighted by atomic mass is 16.2. The second-order valence-electron chi connectivity index (χ2n) is 9.49. The van der Waals surface area contributed by atoms with Crippen molar-refractivity contribution >= 4 is 23.2 Å². The lowest BCUT2D eigenvalue weighted by Crippen LogP contribution is -2.39. The van der Waals surface area contributed by atoms with Crippen molar-refractivity contribution in [3.8, 4) is 0 Å². The van der Waals surface area contributed by atoms with Gasteiger partial charge in [0.25, 0.3) is 5.91 Å². The van der Waals surface area contributed by atoms with Crippen LogP contribution in [0.3, 0.4) is 0 Å². The van der Waals surface area contributed by atoms with Crippen LogP contribution in [-0.4, -0.2) is 42.9 Å². The highest BCUT2D eigenvalue weighted by molar-refractivity contribution is 6.02. The van der Waals surface area contributed by atoms with Crippen LogP contribution in [0.2, 0.25) is 0 Å². The molecule has 0 aromatic heterocycles. The maximum Gasteiger partial charge on any atom is 0.256 e. The molecule has 31 heavy (non-hydrogen) atoms. The van der Waals surface area contributed by atoms with Crippen LogP contribution in [0.4, 0.5) is 11.4 Å². The number of nitrogens with zero attached hydrogens (tertiary/aromatic N) is 2. The van der Waals surface area contributed by atoms with E-state index in [9.17, 15) is 9.59 Å². The summed E-state index contributed by atoms with van der Waals surface area (Å²) in [6, 6.07) is 5.95. The molecule has 2 heterocycles. The zero-order chi connectivity index (χ0) is 22.2. The van der Waals surface area contributed by atoms with Crippen molar-refractivity contribution in [1.29, 1.82) is 0 Å². The summed E-state index contributed by atoms with van der Waals surface area (Å²) in [5.41, 5.74) is 2.52. The number of benzene rings is 1. The van der Waals surface area contributed by atoms with Crippen LogP contribution >= 0.6 is 0 Å². The first-order valence-corrected chi connectivity index (χ1v) is 12.5. The van der Waals surface area contributed by atoms with E-state index >= 15 is 0 Å². The molecule has 5 nitrogen and oxygen atoms in total. The zero-order valence-corrected chi connectivity index (χ0v) is 19.8. The molecule has 1 aromatic rings. The molecule has 0 unspecified atom stereocenters. The van der Waals surface area contributed by atoms with E-state index in [4.69, 9.17) is 0 Å². The Kier molecular flexibility index (Phi) is 8.79. The molecule has 1 aromatic carbocycles. The molecule has 0 radical (unpaired) electrons. The summed E-state index contributed by atoms with van der Waals surface area (Å²) in [6.07, 6.45) is 9.66. The molecule has 172 valence electrons. The Bertz CT molecular complexity index is 734. The third kappa shape index (κ3) is 6.24. The van der Waals surface area contributed by atoms with E-state index in [0.717, 1.165) is 81.6 Å². The van der Waals surface area contributed by atoms with Crippen molar-refractivity contribution in [2.75, 3.05) is 36.4 Å². The molecule has 0 spiro atoms. The van der Waals surface area contributed by atoms with Gasteiger partial charge in [0.05, 0.1) is 5.56 Å². The summed E-state index contributed by atoms with van der Waals surface area (Å²) in [6.45, 7) is 10.1. The van der Waals surface area contributed by atoms with E-state index in [2.05, 4.69) is 31.0 Å². The fourth-order valence-electron chi connectivity index (χ4n) is 4.79. The minimum absolute atomic E-state index is 0.0319. The summed E-state index contributed by atoms with van der Waals surface area (Å²) < 4.78 is 0. The SMILES string of the molecule is CCCC[C@@H](CC)C(=O)Nc1ccc(N2CCCCC2)c(C(=O)N2CCC(C)CC2)c1. The van der Waals surface area contributed by atoms with Crippen molar-refractivity contribution in [3.63, 3.8) is 0 Å². The standard InChI is InChI=1S/C26H41N3O2/c1-4-6-10-21(5-2)25(30)27-22-11-12-24(28-15-8-7-9-16-28)23(19-22)26(31)29-17-13-20(3)14-18-29/h11-12,19-21H,4-10,13-18H2,1-3H3,(H,27,30)/t21-/m1/s1. The maximum atomic E-state index is 13.5. The molecule has 1 atom stereocenters. The Labute approximate surface area is 188 Å². The monoisotopic (exact) mass is 427 g/mol. The number of unbranched alkanes of at least 4 members (excludes halogenated alkanes) is 1. The van der Waals surface area contributed by atoms with E-state index in [1.54, 1.807) is 0 Å². The first-order valence-electron chi connectivity index (χ1n) is 12.5. The minimum Gasteiger partial charge on any atom is -0.371 e. The molecule has 2 saturated heterocycles. The number of hydrogen-bond donors (Lipinski definition) is 1. The minimum atomic E-state index is 0.0319. The Morgan fingerprint density at radius 1 is 1.06 bits per heavy atom. The average Bonchev–Trinajstić information content (AvgIpc) is 2.80. The van der Waals surface area contributed by atoms with E-state index in [-0.39, 0.29) is 17.7 Å². The van der Waals surface area contributed by atoms with Gasteiger partial charge in [0.1, 0.15) is 0 Å². The van der Waals surface area contributed by atoms with Crippen molar-refractivity contribution in [3.05, 3.63) is 23.8 Å². The number of carbonyl (C=O) groups is 2. The van der Waals surface area contributed by atoms with Gasteiger partial charge in [-0.25, -0.2) is 0 Å². The van der Waals surface area contributed by atoms with E-state index in [1.165, 1.54) is 19.3 Å². The lowest BCUT2D eigenvalue weighted by atomic mass is 9.97. The van der Waals surface area contributed by atoms with Gasteiger partial charge in [-0.3, -0.25) is 9.59 Å². The van der Waals surface area contributed by atoms with Gasteiger partial charge in [0.2, 0.25) is 5.91 Å². The van der Waals surface area contributed by atoms with Crippen molar-refractivity contribution < 1.29 is 9.59 Å². The van der Waals surface area contributed by atoms with Gasteiger partial charge in [0, 0.05) is 43.5 Å². The third-order valence-corrected chi connectivity index (χ3v) is 7.03. The summed E-state index contributed by atoms with van der Waals surface area (Å²) in [5, 5.41) is 3.11. The first-order chi connectivity index (χ1) is 15.0. The highest BCUT2D eigenvalue weighted by Gasteiger charge is 2.26. The number of carbonyl (C=O) groups excluding carboxylic acids is 2.